The maximum absolute atomic E-state index is 12.5. The molecular weight excluding hydrogens is 344 g/mol. The number of methoxy groups -OCH3 is 1. The van der Waals surface area contributed by atoms with Crippen LogP contribution in [0.5, 0.6) is 0 Å². The van der Waals surface area contributed by atoms with Gasteiger partial charge in [0, 0.05) is 12.0 Å². The lowest BCUT2D eigenvalue weighted by Crippen LogP contribution is -2.44. The number of benzene rings is 1. The first-order valence-corrected chi connectivity index (χ1v) is 7.73. The standard InChI is InChI=1S/C17H22N2O7/c1-17(2,3)26-16(24)19-12(14(21)22)9-13(20)10-7-5-6-8-11(10)18-15(23)25-4/h5-8,12H,9H2,1-4H3,(H,18,23)(H,19,24)(H,21,22)/t12-/m0/s1. The van der Waals surface area contributed by atoms with Crippen LogP contribution in [0.15, 0.2) is 24.3 Å². The van der Waals surface area contributed by atoms with Gasteiger partial charge in [0.2, 0.25) is 0 Å². The van der Waals surface area contributed by atoms with Gasteiger partial charge in [-0.05, 0) is 32.9 Å². The molecule has 2 amide bonds. The molecule has 0 aliphatic rings. The highest BCUT2D eigenvalue weighted by molar-refractivity contribution is 6.05. The lowest BCUT2D eigenvalue weighted by molar-refractivity contribution is -0.139. The number of Topliss-reactive ketones (excluding diaryl/α,β-unsaturated/α-hetero) is 1. The number of rotatable bonds is 6. The second-order valence-electron chi connectivity index (χ2n) is 6.33. The molecule has 0 fully saturated rings. The van der Waals surface area contributed by atoms with Crippen LogP contribution in [0, 0.1) is 0 Å². The predicted molar refractivity (Wildman–Crippen MR) is 92.2 cm³/mol. The van der Waals surface area contributed by atoms with E-state index in [1.54, 1.807) is 32.9 Å². The molecule has 1 rings (SSSR count). The van der Waals surface area contributed by atoms with Crippen molar-refractivity contribution < 1.29 is 33.8 Å². The number of para-hydroxylation sites is 1. The van der Waals surface area contributed by atoms with E-state index in [1.807, 2.05) is 0 Å². The maximum atomic E-state index is 12.5. The summed E-state index contributed by atoms with van der Waals surface area (Å²) in [4.78, 5) is 46.9. The van der Waals surface area contributed by atoms with Gasteiger partial charge >= 0.3 is 18.2 Å². The average molecular weight is 366 g/mol. The van der Waals surface area contributed by atoms with Crippen LogP contribution in [0.25, 0.3) is 0 Å². The number of hydrogen-bond acceptors (Lipinski definition) is 6. The number of carboxylic acid groups (broad SMARTS) is 1. The van der Waals surface area contributed by atoms with Gasteiger partial charge in [-0.15, -0.1) is 0 Å². The molecule has 0 aliphatic carbocycles. The van der Waals surface area contributed by atoms with E-state index in [1.165, 1.54) is 19.2 Å². The summed E-state index contributed by atoms with van der Waals surface area (Å²) in [6, 6.07) is 4.58. The van der Waals surface area contributed by atoms with Gasteiger partial charge in [-0.3, -0.25) is 10.1 Å². The quantitative estimate of drug-likeness (QED) is 0.659. The number of amides is 2. The molecule has 0 heterocycles. The smallest absolute Gasteiger partial charge is 0.411 e. The van der Waals surface area contributed by atoms with Crippen LogP contribution in [0.1, 0.15) is 37.6 Å². The summed E-state index contributed by atoms with van der Waals surface area (Å²) in [5, 5.41) is 13.8. The third kappa shape index (κ3) is 6.80. The Bertz CT molecular complexity index is 695. The number of alkyl carbamates (subject to hydrolysis) is 1. The van der Waals surface area contributed by atoms with Gasteiger partial charge in [0.05, 0.1) is 12.8 Å². The molecule has 0 aromatic heterocycles. The first-order valence-electron chi connectivity index (χ1n) is 7.73. The summed E-state index contributed by atoms with van der Waals surface area (Å²) in [5.41, 5.74) is -0.547. The number of carbonyl (C=O) groups is 4. The van der Waals surface area contributed by atoms with E-state index in [9.17, 15) is 24.3 Å². The number of carboxylic acids is 1. The summed E-state index contributed by atoms with van der Waals surface area (Å²) in [7, 11) is 1.17. The fraction of sp³-hybridized carbons (Fsp3) is 0.412. The fourth-order valence-corrected chi connectivity index (χ4v) is 1.94. The van der Waals surface area contributed by atoms with Crippen LogP contribution >= 0.6 is 0 Å². The third-order valence-corrected chi connectivity index (χ3v) is 3.03. The Balaban J connectivity index is 2.90. The van der Waals surface area contributed by atoms with Gasteiger partial charge in [0.25, 0.3) is 0 Å². The highest BCUT2D eigenvalue weighted by Gasteiger charge is 2.27. The van der Waals surface area contributed by atoms with Crippen molar-refractivity contribution in [3.05, 3.63) is 29.8 Å². The maximum Gasteiger partial charge on any atom is 0.411 e. The highest BCUT2D eigenvalue weighted by atomic mass is 16.6. The fourth-order valence-electron chi connectivity index (χ4n) is 1.94. The van der Waals surface area contributed by atoms with Crippen LogP contribution in [0.4, 0.5) is 15.3 Å². The number of nitrogens with one attached hydrogen (secondary N) is 2. The van der Waals surface area contributed by atoms with Crippen molar-refractivity contribution in [1.29, 1.82) is 0 Å². The molecule has 1 atom stereocenters. The summed E-state index contributed by atoms with van der Waals surface area (Å²) < 4.78 is 9.48. The van der Waals surface area contributed by atoms with Crippen molar-refractivity contribution >= 4 is 29.6 Å². The van der Waals surface area contributed by atoms with E-state index in [4.69, 9.17) is 4.74 Å². The van der Waals surface area contributed by atoms with Gasteiger partial charge < -0.3 is 19.9 Å². The summed E-state index contributed by atoms with van der Waals surface area (Å²) in [6.07, 6.45) is -2.24. The zero-order chi connectivity index (χ0) is 19.9. The van der Waals surface area contributed by atoms with Gasteiger partial charge in [-0.2, -0.15) is 0 Å². The zero-order valence-corrected chi connectivity index (χ0v) is 15.0. The molecule has 0 saturated carbocycles. The van der Waals surface area contributed by atoms with E-state index < -0.39 is 42.0 Å². The van der Waals surface area contributed by atoms with E-state index >= 15 is 0 Å². The van der Waals surface area contributed by atoms with Gasteiger partial charge in [0.15, 0.2) is 5.78 Å². The molecular formula is C17H22N2O7. The SMILES string of the molecule is COC(=O)Nc1ccccc1C(=O)C[C@H](NC(=O)OC(C)(C)C)C(=O)O. The number of carbonyl (C=O) groups excluding carboxylic acids is 3. The normalized spacial score (nSPS) is 11.8. The van der Waals surface area contributed by atoms with Crippen molar-refractivity contribution in [3.63, 3.8) is 0 Å². The number of hydrogen-bond donors (Lipinski definition) is 3. The molecule has 0 saturated heterocycles. The minimum Gasteiger partial charge on any atom is -0.480 e. The lowest BCUT2D eigenvalue weighted by Gasteiger charge is -2.22. The zero-order valence-electron chi connectivity index (χ0n) is 15.0. The van der Waals surface area contributed by atoms with E-state index in [0.29, 0.717) is 0 Å². The predicted octanol–water partition coefficient (Wildman–Crippen LogP) is 2.42. The Morgan fingerprint density at radius 1 is 1.12 bits per heavy atom. The Morgan fingerprint density at radius 2 is 1.73 bits per heavy atom. The highest BCUT2D eigenvalue weighted by Crippen LogP contribution is 2.18. The lowest BCUT2D eigenvalue weighted by atomic mass is 10.0. The van der Waals surface area contributed by atoms with Crippen molar-refractivity contribution in [1.82, 2.24) is 5.32 Å². The van der Waals surface area contributed by atoms with Crippen molar-refractivity contribution in [3.8, 4) is 0 Å². The topological polar surface area (TPSA) is 131 Å². The number of anilines is 1. The molecule has 0 spiro atoms. The second kappa shape index (κ2) is 8.84. The summed E-state index contributed by atoms with van der Waals surface area (Å²) in [6.45, 7) is 4.88. The van der Waals surface area contributed by atoms with Crippen LogP contribution in [0.3, 0.4) is 0 Å². The van der Waals surface area contributed by atoms with E-state index in [0.717, 1.165) is 0 Å². The monoisotopic (exact) mass is 366 g/mol. The molecule has 9 heteroatoms. The number of aliphatic carboxylic acids is 1. The molecule has 0 bridgehead atoms. The van der Waals surface area contributed by atoms with E-state index in [2.05, 4.69) is 15.4 Å². The van der Waals surface area contributed by atoms with Crippen LogP contribution < -0.4 is 10.6 Å². The summed E-state index contributed by atoms with van der Waals surface area (Å²) in [5.74, 6) is -1.97. The Morgan fingerprint density at radius 3 is 2.27 bits per heavy atom. The summed E-state index contributed by atoms with van der Waals surface area (Å²) >= 11 is 0. The molecule has 0 aliphatic heterocycles. The Hall–Kier alpha value is -3.10. The molecule has 1 aromatic rings. The molecule has 26 heavy (non-hydrogen) atoms. The van der Waals surface area contributed by atoms with Crippen molar-refractivity contribution in [2.24, 2.45) is 0 Å². The second-order valence-corrected chi connectivity index (χ2v) is 6.33. The largest absolute Gasteiger partial charge is 0.480 e. The average Bonchev–Trinajstić information content (AvgIpc) is 2.52. The molecule has 142 valence electrons. The molecule has 3 N–H and O–H groups in total. The molecule has 0 radical (unpaired) electrons. The first kappa shape index (κ1) is 20.9. The van der Waals surface area contributed by atoms with Crippen LogP contribution in [-0.4, -0.2) is 47.8 Å². The van der Waals surface area contributed by atoms with E-state index in [-0.39, 0.29) is 11.3 Å². The minimum atomic E-state index is -1.48. The van der Waals surface area contributed by atoms with Crippen LogP contribution in [-0.2, 0) is 14.3 Å². The molecule has 1 aromatic carbocycles. The van der Waals surface area contributed by atoms with Gasteiger partial charge in [-0.25, -0.2) is 14.4 Å². The van der Waals surface area contributed by atoms with Crippen molar-refractivity contribution in [2.75, 3.05) is 12.4 Å². The molecule has 9 nitrogen and oxygen atoms in total. The third-order valence-electron chi connectivity index (χ3n) is 3.03. The number of ether oxygens (including phenoxy) is 2. The van der Waals surface area contributed by atoms with Crippen LogP contribution in [0.2, 0.25) is 0 Å². The Kier molecular flexibility index (Phi) is 7.12. The van der Waals surface area contributed by atoms with Crippen molar-refractivity contribution in [2.45, 2.75) is 38.8 Å². The Labute approximate surface area is 150 Å². The van der Waals surface area contributed by atoms with Gasteiger partial charge in [-0.1, -0.05) is 12.1 Å². The minimum absolute atomic E-state index is 0.0927. The first-order chi connectivity index (χ1) is 12.0. The number of ketones is 1. The molecule has 0 unspecified atom stereocenters. The van der Waals surface area contributed by atoms with Gasteiger partial charge in [0.1, 0.15) is 11.6 Å².